The molecule has 2 aliphatic heterocycles. The Morgan fingerprint density at radius 3 is 2.00 bits per heavy atom. The molecule has 6 nitrogen and oxygen atoms in total. The van der Waals surface area contributed by atoms with Gasteiger partial charge in [0.25, 0.3) is 0 Å². The van der Waals surface area contributed by atoms with E-state index in [2.05, 4.69) is 49.0 Å². The normalized spacial score (nSPS) is 17.3. The number of fused-ring (bicyclic) bond motifs is 1. The molecule has 0 spiro atoms. The molecule has 0 radical (unpaired) electrons. The molecule has 2 N–H and O–H groups in total. The van der Waals surface area contributed by atoms with Crippen molar-refractivity contribution in [2.45, 2.75) is 25.9 Å². The average molecular weight is 282 g/mol. The number of anilines is 3. The SMILES string of the molecule is Nc1nc(N2CCCC2)nc(N2Cc3ccccc3C2)n1. The molecule has 21 heavy (non-hydrogen) atoms. The van der Waals surface area contributed by atoms with Crippen molar-refractivity contribution in [3.63, 3.8) is 0 Å². The van der Waals surface area contributed by atoms with Gasteiger partial charge in [0.05, 0.1) is 0 Å². The zero-order valence-corrected chi connectivity index (χ0v) is 11.9. The standard InChI is InChI=1S/C15H18N6/c16-13-17-14(20-7-3-4-8-20)19-15(18-13)21-9-11-5-1-2-6-12(11)10-21/h1-2,5-6H,3-4,7-10H2,(H2,16,17,18,19). The van der Waals surface area contributed by atoms with Crippen LogP contribution in [0.1, 0.15) is 24.0 Å². The van der Waals surface area contributed by atoms with Crippen LogP contribution in [0.4, 0.5) is 17.8 Å². The topological polar surface area (TPSA) is 71.2 Å². The first-order valence-corrected chi connectivity index (χ1v) is 7.38. The quantitative estimate of drug-likeness (QED) is 0.901. The third-order valence-electron chi connectivity index (χ3n) is 4.14. The Labute approximate surface area is 123 Å². The summed E-state index contributed by atoms with van der Waals surface area (Å²) in [7, 11) is 0. The highest BCUT2D eigenvalue weighted by molar-refractivity contribution is 5.48. The average Bonchev–Trinajstić information content (AvgIpc) is 3.16. The maximum absolute atomic E-state index is 5.88. The van der Waals surface area contributed by atoms with E-state index in [9.17, 15) is 0 Å². The molecule has 3 heterocycles. The molecule has 0 unspecified atom stereocenters. The Balaban J connectivity index is 1.64. The van der Waals surface area contributed by atoms with Crippen molar-refractivity contribution >= 4 is 17.8 Å². The van der Waals surface area contributed by atoms with Crippen LogP contribution in [-0.4, -0.2) is 28.0 Å². The highest BCUT2D eigenvalue weighted by atomic mass is 15.4. The largest absolute Gasteiger partial charge is 0.368 e. The molecule has 0 saturated carbocycles. The molecule has 6 heteroatoms. The van der Waals surface area contributed by atoms with Crippen LogP contribution in [0, 0.1) is 0 Å². The number of nitrogens with two attached hydrogens (primary N) is 1. The third kappa shape index (κ3) is 2.26. The van der Waals surface area contributed by atoms with E-state index < -0.39 is 0 Å². The van der Waals surface area contributed by atoms with Crippen LogP contribution in [0.25, 0.3) is 0 Å². The number of hydrogen-bond acceptors (Lipinski definition) is 6. The Morgan fingerprint density at radius 2 is 1.38 bits per heavy atom. The molecule has 0 atom stereocenters. The van der Waals surface area contributed by atoms with Gasteiger partial charge in [0.2, 0.25) is 17.8 Å². The van der Waals surface area contributed by atoms with Crippen LogP contribution in [0.15, 0.2) is 24.3 Å². The predicted octanol–water partition coefficient (Wildman–Crippen LogP) is 1.57. The van der Waals surface area contributed by atoms with Crippen LogP contribution in [0.3, 0.4) is 0 Å². The molecule has 2 aliphatic rings. The number of nitrogen functional groups attached to an aromatic ring is 1. The van der Waals surface area contributed by atoms with E-state index in [1.165, 1.54) is 24.0 Å². The Morgan fingerprint density at radius 1 is 0.810 bits per heavy atom. The van der Waals surface area contributed by atoms with Crippen molar-refractivity contribution in [3.05, 3.63) is 35.4 Å². The van der Waals surface area contributed by atoms with Crippen molar-refractivity contribution in [2.24, 2.45) is 0 Å². The minimum absolute atomic E-state index is 0.304. The van der Waals surface area contributed by atoms with Gasteiger partial charge >= 0.3 is 0 Å². The summed E-state index contributed by atoms with van der Waals surface area (Å²) in [4.78, 5) is 17.6. The summed E-state index contributed by atoms with van der Waals surface area (Å²) in [6, 6.07) is 8.45. The van der Waals surface area contributed by atoms with Gasteiger partial charge in [-0.1, -0.05) is 24.3 Å². The maximum Gasteiger partial charge on any atom is 0.232 e. The Bertz CT molecular complexity index is 640. The van der Waals surface area contributed by atoms with Crippen molar-refractivity contribution in [2.75, 3.05) is 28.6 Å². The number of aromatic nitrogens is 3. The van der Waals surface area contributed by atoms with E-state index in [1.54, 1.807) is 0 Å². The predicted molar refractivity (Wildman–Crippen MR) is 82.0 cm³/mol. The molecule has 0 amide bonds. The van der Waals surface area contributed by atoms with Gasteiger partial charge in [-0.2, -0.15) is 15.0 Å². The molecule has 1 fully saturated rings. The fourth-order valence-corrected chi connectivity index (χ4v) is 3.04. The summed E-state index contributed by atoms with van der Waals surface area (Å²) >= 11 is 0. The Kier molecular flexibility index (Phi) is 2.87. The summed E-state index contributed by atoms with van der Waals surface area (Å²) in [6.45, 7) is 3.67. The minimum Gasteiger partial charge on any atom is -0.368 e. The lowest BCUT2D eigenvalue weighted by Gasteiger charge is -2.19. The van der Waals surface area contributed by atoms with Crippen LogP contribution in [-0.2, 0) is 13.1 Å². The van der Waals surface area contributed by atoms with Crippen molar-refractivity contribution in [1.82, 2.24) is 15.0 Å². The van der Waals surface area contributed by atoms with E-state index in [4.69, 9.17) is 5.73 Å². The highest BCUT2D eigenvalue weighted by Gasteiger charge is 2.23. The number of hydrogen-bond donors (Lipinski definition) is 1. The van der Waals surface area contributed by atoms with Gasteiger partial charge in [-0.05, 0) is 24.0 Å². The lowest BCUT2D eigenvalue weighted by atomic mass is 10.1. The van der Waals surface area contributed by atoms with Crippen LogP contribution >= 0.6 is 0 Å². The molecular formula is C15H18N6. The van der Waals surface area contributed by atoms with Gasteiger partial charge in [-0.15, -0.1) is 0 Å². The Hall–Kier alpha value is -2.37. The molecule has 0 bridgehead atoms. The maximum atomic E-state index is 5.88. The monoisotopic (exact) mass is 282 g/mol. The van der Waals surface area contributed by atoms with Crippen molar-refractivity contribution < 1.29 is 0 Å². The first-order valence-electron chi connectivity index (χ1n) is 7.38. The molecule has 1 saturated heterocycles. The second kappa shape index (κ2) is 4.87. The minimum atomic E-state index is 0.304. The first-order chi connectivity index (χ1) is 10.3. The van der Waals surface area contributed by atoms with E-state index in [0.29, 0.717) is 17.8 Å². The zero-order valence-electron chi connectivity index (χ0n) is 11.9. The second-order valence-electron chi connectivity index (χ2n) is 5.61. The van der Waals surface area contributed by atoms with Gasteiger partial charge < -0.3 is 15.5 Å². The molecule has 108 valence electrons. The smallest absolute Gasteiger partial charge is 0.232 e. The van der Waals surface area contributed by atoms with Crippen molar-refractivity contribution in [1.29, 1.82) is 0 Å². The fraction of sp³-hybridized carbons (Fsp3) is 0.400. The third-order valence-corrected chi connectivity index (χ3v) is 4.14. The summed E-state index contributed by atoms with van der Waals surface area (Å²) in [5.41, 5.74) is 8.55. The molecule has 4 rings (SSSR count). The molecule has 0 aliphatic carbocycles. The van der Waals surface area contributed by atoms with E-state index in [-0.39, 0.29) is 0 Å². The summed E-state index contributed by atoms with van der Waals surface area (Å²) in [5.74, 6) is 1.70. The summed E-state index contributed by atoms with van der Waals surface area (Å²) in [5, 5.41) is 0. The van der Waals surface area contributed by atoms with Gasteiger partial charge in [0.1, 0.15) is 0 Å². The molecule has 1 aromatic heterocycles. The van der Waals surface area contributed by atoms with Crippen LogP contribution in [0.5, 0.6) is 0 Å². The lowest BCUT2D eigenvalue weighted by Crippen LogP contribution is -2.24. The number of nitrogens with zero attached hydrogens (tertiary/aromatic N) is 5. The summed E-state index contributed by atoms with van der Waals surface area (Å²) in [6.07, 6.45) is 2.38. The number of rotatable bonds is 2. The first kappa shape index (κ1) is 12.4. The van der Waals surface area contributed by atoms with E-state index in [1.807, 2.05) is 0 Å². The van der Waals surface area contributed by atoms with Crippen molar-refractivity contribution in [3.8, 4) is 0 Å². The van der Waals surface area contributed by atoms with Crippen LogP contribution in [0.2, 0.25) is 0 Å². The second-order valence-corrected chi connectivity index (χ2v) is 5.61. The lowest BCUT2D eigenvalue weighted by molar-refractivity contribution is 0.803. The number of benzene rings is 1. The van der Waals surface area contributed by atoms with Gasteiger partial charge in [-0.3, -0.25) is 0 Å². The highest BCUT2D eigenvalue weighted by Crippen LogP contribution is 2.27. The summed E-state index contributed by atoms with van der Waals surface area (Å²) < 4.78 is 0. The zero-order chi connectivity index (χ0) is 14.2. The molecule has 2 aromatic rings. The van der Waals surface area contributed by atoms with Gasteiger partial charge in [0, 0.05) is 26.2 Å². The molecule has 1 aromatic carbocycles. The molecular weight excluding hydrogens is 264 g/mol. The van der Waals surface area contributed by atoms with Gasteiger partial charge in [-0.25, -0.2) is 0 Å². The van der Waals surface area contributed by atoms with E-state index in [0.717, 1.165) is 26.2 Å². The van der Waals surface area contributed by atoms with Crippen LogP contribution < -0.4 is 15.5 Å². The fourth-order valence-electron chi connectivity index (χ4n) is 3.04. The van der Waals surface area contributed by atoms with E-state index >= 15 is 0 Å². The van der Waals surface area contributed by atoms with Gasteiger partial charge in [0.15, 0.2) is 0 Å².